The van der Waals surface area contributed by atoms with E-state index in [0.717, 1.165) is 5.92 Å². The van der Waals surface area contributed by atoms with E-state index in [1.54, 1.807) is 6.92 Å². The largest absolute Gasteiger partial charge is 0.393 e. The minimum absolute atomic E-state index is 0.175. The molecule has 0 saturated heterocycles. The van der Waals surface area contributed by atoms with Crippen LogP contribution in [0.1, 0.15) is 52.4 Å². The molecule has 96 valence electrons. The average Bonchev–Trinajstić information content (AvgIpc) is 2.29. The van der Waals surface area contributed by atoms with Crippen LogP contribution >= 0.6 is 0 Å². The quantitative estimate of drug-likeness (QED) is 0.649. The summed E-state index contributed by atoms with van der Waals surface area (Å²) >= 11 is 0. The number of aliphatic hydroxyl groups is 2. The van der Waals surface area contributed by atoms with Crippen LogP contribution in [0.2, 0.25) is 0 Å². The van der Waals surface area contributed by atoms with E-state index in [-0.39, 0.29) is 6.61 Å². The molecule has 0 spiro atoms. The maximum Gasteiger partial charge on any atom is 0.0972 e. The van der Waals surface area contributed by atoms with Gasteiger partial charge >= 0.3 is 0 Å². The number of hydrogen-bond acceptors (Lipinski definition) is 3. The Bertz CT molecular complexity index is 186. The molecule has 3 heteroatoms. The molecule has 1 unspecified atom stereocenters. The highest BCUT2D eigenvalue weighted by Crippen LogP contribution is 2.27. The highest BCUT2D eigenvalue weighted by Gasteiger charge is 2.24. The summed E-state index contributed by atoms with van der Waals surface area (Å²) in [5.41, 5.74) is -0.972. The number of rotatable bonds is 6. The van der Waals surface area contributed by atoms with Gasteiger partial charge in [-0.1, -0.05) is 19.8 Å². The van der Waals surface area contributed by atoms with Crippen molar-refractivity contribution in [3.8, 4) is 0 Å². The Balaban J connectivity index is 2.17. The first kappa shape index (κ1) is 13.9. The summed E-state index contributed by atoms with van der Waals surface area (Å²) in [4.78, 5) is 0. The Morgan fingerprint density at radius 2 is 1.88 bits per heavy atom. The van der Waals surface area contributed by atoms with Crippen molar-refractivity contribution in [3.63, 3.8) is 0 Å². The second kappa shape index (κ2) is 6.58. The molecule has 1 atom stereocenters. The topological polar surface area (TPSA) is 52.5 Å². The van der Waals surface area contributed by atoms with Gasteiger partial charge in [-0.2, -0.15) is 0 Å². The number of hydrogen-bond donors (Lipinski definition) is 3. The van der Waals surface area contributed by atoms with Crippen molar-refractivity contribution in [2.45, 2.75) is 64.0 Å². The maximum atomic E-state index is 9.68. The molecule has 0 heterocycles. The van der Waals surface area contributed by atoms with Crippen molar-refractivity contribution in [1.82, 2.24) is 5.32 Å². The molecular formula is C13H27NO2. The van der Waals surface area contributed by atoms with Gasteiger partial charge in [-0.25, -0.2) is 0 Å². The molecule has 1 aliphatic rings. The Morgan fingerprint density at radius 3 is 2.38 bits per heavy atom. The highest BCUT2D eigenvalue weighted by atomic mass is 16.3. The summed E-state index contributed by atoms with van der Waals surface area (Å²) in [6, 6.07) is 0.533. The van der Waals surface area contributed by atoms with Gasteiger partial charge in [-0.3, -0.25) is 0 Å². The Kier molecular flexibility index (Phi) is 5.73. The summed E-state index contributed by atoms with van der Waals surface area (Å²) in [5.74, 6) is 0.918. The fraction of sp³-hybridized carbons (Fsp3) is 1.00. The first-order valence-corrected chi connectivity index (χ1v) is 6.64. The number of aliphatic hydroxyl groups excluding tert-OH is 1. The van der Waals surface area contributed by atoms with Gasteiger partial charge in [0.1, 0.15) is 0 Å². The summed E-state index contributed by atoms with van der Waals surface area (Å²) in [7, 11) is 0. The summed E-state index contributed by atoms with van der Waals surface area (Å²) < 4.78 is 0. The zero-order valence-corrected chi connectivity index (χ0v) is 10.7. The standard InChI is InChI=1S/C13H27NO2/c1-3-4-11-5-7-12(8-6-11)14-9-13(2,16)10-15/h11-12,14-16H,3-10H2,1-2H3. The number of nitrogens with one attached hydrogen (secondary N) is 1. The normalized spacial score (nSPS) is 30.0. The lowest BCUT2D eigenvalue weighted by Crippen LogP contribution is -2.45. The molecule has 1 rings (SSSR count). The second-order valence-electron chi connectivity index (χ2n) is 5.54. The zero-order valence-electron chi connectivity index (χ0n) is 10.7. The van der Waals surface area contributed by atoms with Crippen LogP contribution in [-0.4, -0.2) is 35.0 Å². The van der Waals surface area contributed by atoms with Crippen LogP contribution in [-0.2, 0) is 0 Å². The molecule has 0 bridgehead atoms. The van der Waals surface area contributed by atoms with E-state index in [1.807, 2.05) is 0 Å². The molecule has 0 aromatic rings. The van der Waals surface area contributed by atoms with Crippen molar-refractivity contribution >= 4 is 0 Å². The Morgan fingerprint density at radius 1 is 1.25 bits per heavy atom. The average molecular weight is 229 g/mol. The molecule has 0 radical (unpaired) electrons. The van der Waals surface area contributed by atoms with Crippen LogP contribution in [0.5, 0.6) is 0 Å². The summed E-state index contributed by atoms with van der Waals surface area (Å²) in [6.07, 6.45) is 7.71. The SMILES string of the molecule is CCCC1CCC(NCC(C)(O)CO)CC1. The lowest BCUT2D eigenvalue weighted by atomic mass is 9.83. The van der Waals surface area contributed by atoms with Crippen molar-refractivity contribution in [2.24, 2.45) is 5.92 Å². The molecule has 1 fully saturated rings. The molecule has 3 N–H and O–H groups in total. The van der Waals surface area contributed by atoms with E-state index in [9.17, 15) is 5.11 Å². The van der Waals surface area contributed by atoms with Crippen molar-refractivity contribution in [3.05, 3.63) is 0 Å². The minimum Gasteiger partial charge on any atom is -0.393 e. The van der Waals surface area contributed by atoms with E-state index in [1.165, 1.54) is 38.5 Å². The van der Waals surface area contributed by atoms with Gasteiger partial charge in [0.25, 0.3) is 0 Å². The van der Waals surface area contributed by atoms with Gasteiger partial charge < -0.3 is 15.5 Å². The summed E-state index contributed by atoms with van der Waals surface area (Å²) in [5, 5.41) is 22.0. The predicted octanol–water partition coefficient (Wildman–Crippen LogP) is 1.68. The van der Waals surface area contributed by atoms with E-state index < -0.39 is 5.60 Å². The van der Waals surface area contributed by atoms with Gasteiger partial charge in [0.2, 0.25) is 0 Å². The van der Waals surface area contributed by atoms with Crippen LogP contribution in [0.25, 0.3) is 0 Å². The molecule has 1 aliphatic carbocycles. The van der Waals surface area contributed by atoms with Crippen molar-refractivity contribution in [1.29, 1.82) is 0 Å². The van der Waals surface area contributed by atoms with Gasteiger partial charge in [0.15, 0.2) is 0 Å². The third-order valence-electron chi connectivity index (χ3n) is 3.66. The highest BCUT2D eigenvalue weighted by molar-refractivity contribution is 4.81. The molecule has 1 saturated carbocycles. The lowest BCUT2D eigenvalue weighted by Gasteiger charge is -2.31. The van der Waals surface area contributed by atoms with Crippen LogP contribution < -0.4 is 5.32 Å². The minimum atomic E-state index is -0.972. The van der Waals surface area contributed by atoms with E-state index >= 15 is 0 Å². The van der Waals surface area contributed by atoms with E-state index in [4.69, 9.17) is 5.11 Å². The van der Waals surface area contributed by atoms with Gasteiger partial charge in [-0.05, 0) is 38.5 Å². The van der Waals surface area contributed by atoms with Crippen LogP contribution in [0, 0.1) is 5.92 Å². The first-order chi connectivity index (χ1) is 7.57. The van der Waals surface area contributed by atoms with Gasteiger partial charge in [0.05, 0.1) is 12.2 Å². The van der Waals surface area contributed by atoms with E-state index in [2.05, 4.69) is 12.2 Å². The Hall–Kier alpha value is -0.120. The molecule has 0 amide bonds. The molecule has 0 aliphatic heterocycles. The second-order valence-corrected chi connectivity index (χ2v) is 5.54. The first-order valence-electron chi connectivity index (χ1n) is 6.64. The predicted molar refractivity (Wildman–Crippen MR) is 66.4 cm³/mol. The molecule has 3 nitrogen and oxygen atoms in total. The van der Waals surface area contributed by atoms with Gasteiger partial charge in [-0.15, -0.1) is 0 Å². The van der Waals surface area contributed by atoms with Crippen LogP contribution in [0.4, 0.5) is 0 Å². The van der Waals surface area contributed by atoms with Crippen LogP contribution in [0.15, 0.2) is 0 Å². The smallest absolute Gasteiger partial charge is 0.0972 e. The van der Waals surface area contributed by atoms with Gasteiger partial charge in [0, 0.05) is 12.6 Å². The molecule has 16 heavy (non-hydrogen) atoms. The molecular weight excluding hydrogens is 202 g/mol. The van der Waals surface area contributed by atoms with Crippen LogP contribution in [0.3, 0.4) is 0 Å². The third-order valence-corrected chi connectivity index (χ3v) is 3.66. The zero-order chi connectivity index (χ0) is 12.0. The van der Waals surface area contributed by atoms with E-state index in [0.29, 0.717) is 12.6 Å². The van der Waals surface area contributed by atoms with Crippen molar-refractivity contribution < 1.29 is 10.2 Å². The fourth-order valence-electron chi connectivity index (χ4n) is 2.48. The lowest BCUT2D eigenvalue weighted by molar-refractivity contribution is -0.000504. The monoisotopic (exact) mass is 229 g/mol. The Labute approximate surface area is 99.3 Å². The molecule has 0 aromatic heterocycles. The summed E-state index contributed by atoms with van der Waals surface area (Å²) in [6.45, 7) is 4.24. The third kappa shape index (κ3) is 4.81. The molecule has 0 aromatic carbocycles. The maximum absolute atomic E-state index is 9.68. The van der Waals surface area contributed by atoms with Crippen molar-refractivity contribution in [2.75, 3.05) is 13.2 Å². The fourth-order valence-corrected chi connectivity index (χ4v) is 2.48.